The Hall–Kier alpha value is -0.830. The molecule has 2 rings (SSSR count). The van der Waals surface area contributed by atoms with Gasteiger partial charge in [0.15, 0.2) is 5.15 Å². The molecule has 0 bridgehead atoms. The lowest BCUT2D eigenvalue weighted by atomic mass is 10.2. The van der Waals surface area contributed by atoms with Crippen molar-refractivity contribution in [1.29, 1.82) is 0 Å². The summed E-state index contributed by atoms with van der Waals surface area (Å²) in [5.74, 6) is 0.601. The van der Waals surface area contributed by atoms with E-state index in [0.717, 1.165) is 25.1 Å². The number of hydrogen-bond donors (Lipinski definition) is 0. The molecule has 4 heteroatoms. The van der Waals surface area contributed by atoms with Crippen LogP contribution in [0.2, 0.25) is 5.15 Å². The van der Waals surface area contributed by atoms with Crippen LogP contribution in [0, 0.1) is 0 Å². The first kappa shape index (κ1) is 6.85. The van der Waals surface area contributed by atoms with E-state index in [-0.39, 0.29) is 0 Å². The molecule has 0 saturated heterocycles. The first-order chi connectivity index (χ1) is 5.36. The molecule has 3 nitrogen and oxygen atoms in total. The Kier molecular flexibility index (Phi) is 1.66. The Morgan fingerprint density at radius 1 is 1.55 bits per heavy atom. The van der Waals surface area contributed by atoms with E-state index in [1.807, 2.05) is 0 Å². The van der Waals surface area contributed by atoms with Crippen molar-refractivity contribution in [3.8, 4) is 5.88 Å². The topological polar surface area (TPSA) is 35.0 Å². The van der Waals surface area contributed by atoms with Gasteiger partial charge in [0.25, 0.3) is 0 Å². The second-order valence-electron chi connectivity index (χ2n) is 2.40. The van der Waals surface area contributed by atoms with Gasteiger partial charge in [0, 0.05) is 0 Å². The van der Waals surface area contributed by atoms with Gasteiger partial charge in [-0.15, -0.1) is 0 Å². The normalized spacial score (nSPS) is 15.4. The minimum absolute atomic E-state index is 0.394. The van der Waals surface area contributed by atoms with Crippen LogP contribution in [-0.4, -0.2) is 16.6 Å². The van der Waals surface area contributed by atoms with Crippen molar-refractivity contribution in [3.05, 3.63) is 17.0 Å². The van der Waals surface area contributed by atoms with E-state index in [1.165, 1.54) is 0 Å². The van der Waals surface area contributed by atoms with E-state index in [9.17, 15) is 0 Å². The summed E-state index contributed by atoms with van der Waals surface area (Å²) in [6.07, 6.45) is 3.51. The second kappa shape index (κ2) is 2.66. The van der Waals surface area contributed by atoms with Gasteiger partial charge in [0.1, 0.15) is 5.69 Å². The zero-order chi connectivity index (χ0) is 7.68. The molecule has 11 heavy (non-hydrogen) atoms. The first-order valence-corrected chi connectivity index (χ1v) is 3.88. The van der Waals surface area contributed by atoms with Crippen molar-refractivity contribution in [1.82, 2.24) is 9.97 Å². The van der Waals surface area contributed by atoms with Crippen LogP contribution < -0.4 is 4.74 Å². The van der Waals surface area contributed by atoms with Gasteiger partial charge in [-0.2, -0.15) is 4.98 Å². The van der Waals surface area contributed by atoms with E-state index in [4.69, 9.17) is 16.3 Å². The van der Waals surface area contributed by atoms with Crippen LogP contribution >= 0.6 is 11.6 Å². The van der Waals surface area contributed by atoms with E-state index in [0.29, 0.717) is 11.0 Å². The number of aromatic nitrogens is 2. The number of halogens is 1. The van der Waals surface area contributed by atoms with Crippen molar-refractivity contribution in [3.63, 3.8) is 0 Å². The van der Waals surface area contributed by atoms with Crippen molar-refractivity contribution in [2.45, 2.75) is 12.8 Å². The predicted molar refractivity (Wildman–Crippen MR) is 40.9 cm³/mol. The number of nitrogens with zero attached hydrogens (tertiary/aromatic N) is 2. The fourth-order valence-electron chi connectivity index (χ4n) is 1.07. The van der Waals surface area contributed by atoms with Gasteiger partial charge in [-0.25, -0.2) is 0 Å². The van der Waals surface area contributed by atoms with Crippen LogP contribution in [0.4, 0.5) is 0 Å². The molecular weight excluding hydrogens is 164 g/mol. The summed E-state index contributed by atoms with van der Waals surface area (Å²) in [7, 11) is 0. The number of rotatable bonds is 0. The standard InChI is InChI=1S/C7H7ClN2O/c8-6-4-9-5-2-1-3-11-7(5)10-6/h4H,1-3H2. The van der Waals surface area contributed by atoms with Crippen LogP contribution in [0.25, 0.3) is 0 Å². The van der Waals surface area contributed by atoms with Gasteiger partial charge >= 0.3 is 0 Å². The molecule has 1 aromatic rings. The summed E-state index contributed by atoms with van der Waals surface area (Å²) >= 11 is 5.62. The largest absolute Gasteiger partial charge is 0.476 e. The van der Waals surface area contributed by atoms with E-state index >= 15 is 0 Å². The Morgan fingerprint density at radius 3 is 3.36 bits per heavy atom. The lowest BCUT2D eigenvalue weighted by Gasteiger charge is -2.13. The molecule has 0 fully saturated rings. The minimum atomic E-state index is 0.394. The summed E-state index contributed by atoms with van der Waals surface area (Å²) < 4.78 is 5.25. The average molecular weight is 171 g/mol. The molecule has 0 amide bonds. The zero-order valence-corrected chi connectivity index (χ0v) is 6.64. The van der Waals surface area contributed by atoms with Gasteiger partial charge in [0.2, 0.25) is 5.88 Å². The highest BCUT2D eigenvalue weighted by Crippen LogP contribution is 2.20. The maximum Gasteiger partial charge on any atom is 0.237 e. The fourth-order valence-corrected chi connectivity index (χ4v) is 1.20. The molecule has 0 N–H and O–H groups in total. The molecule has 0 aromatic carbocycles. The molecule has 58 valence electrons. The molecule has 0 saturated carbocycles. The van der Waals surface area contributed by atoms with Crippen LogP contribution in [0.3, 0.4) is 0 Å². The highest BCUT2D eigenvalue weighted by atomic mass is 35.5. The maximum absolute atomic E-state index is 5.62. The van der Waals surface area contributed by atoms with Gasteiger partial charge in [-0.05, 0) is 12.8 Å². The SMILES string of the molecule is Clc1cnc2c(n1)OCCC2. The Bertz CT molecular complexity index is 277. The molecule has 0 unspecified atom stereocenters. The van der Waals surface area contributed by atoms with Crippen LogP contribution in [0.15, 0.2) is 6.20 Å². The number of fused-ring (bicyclic) bond motifs is 1. The van der Waals surface area contributed by atoms with Crippen molar-refractivity contribution < 1.29 is 4.74 Å². The Morgan fingerprint density at radius 2 is 2.45 bits per heavy atom. The van der Waals surface area contributed by atoms with Crippen LogP contribution in [0.1, 0.15) is 12.1 Å². The molecule has 1 aliphatic heterocycles. The van der Waals surface area contributed by atoms with Crippen LogP contribution in [-0.2, 0) is 6.42 Å². The van der Waals surface area contributed by atoms with Crippen molar-refractivity contribution in [2.75, 3.05) is 6.61 Å². The summed E-state index contributed by atoms with van der Waals surface area (Å²) in [6.45, 7) is 0.724. The lowest BCUT2D eigenvalue weighted by Crippen LogP contribution is -2.11. The summed E-state index contributed by atoms with van der Waals surface area (Å²) in [5.41, 5.74) is 0.917. The molecule has 1 aliphatic rings. The third-order valence-corrected chi connectivity index (χ3v) is 1.76. The molecule has 1 aromatic heterocycles. The molecule has 0 spiro atoms. The molecule has 0 aliphatic carbocycles. The van der Waals surface area contributed by atoms with E-state index < -0.39 is 0 Å². The van der Waals surface area contributed by atoms with E-state index in [2.05, 4.69) is 9.97 Å². The Labute approximate surface area is 69.4 Å². The Balaban J connectivity index is 2.43. The molecule has 2 heterocycles. The zero-order valence-electron chi connectivity index (χ0n) is 5.88. The fraction of sp³-hybridized carbons (Fsp3) is 0.429. The highest BCUT2D eigenvalue weighted by Gasteiger charge is 2.12. The molecule has 0 atom stereocenters. The maximum atomic E-state index is 5.62. The number of aryl methyl sites for hydroxylation is 1. The van der Waals surface area contributed by atoms with Crippen molar-refractivity contribution in [2.24, 2.45) is 0 Å². The third-order valence-electron chi connectivity index (χ3n) is 1.58. The summed E-state index contributed by atoms with van der Waals surface area (Å²) in [6, 6.07) is 0. The second-order valence-corrected chi connectivity index (χ2v) is 2.78. The number of ether oxygens (including phenoxy) is 1. The monoisotopic (exact) mass is 170 g/mol. The van der Waals surface area contributed by atoms with Crippen molar-refractivity contribution >= 4 is 11.6 Å². The van der Waals surface area contributed by atoms with Gasteiger partial charge in [-0.3, -0.25) is 4.98 Å². The molecular formula is C7H7ClN2O. The predicted octanol–water partition coefficient (Wildman–Crippen LogP) is 1.45. The summed E-state index contributed by atoms with van der Waals surface area (Å²) in [4.78, 5) is 8.09. The lowest BCUT2D eigenvalue weighted by molar-refractivity contribution is 0.272. The summed E-state index contributed by atoms with van der Waals surface area (Å²) in [5, 5.41) is 0.394. The highest BCUT2D eigenvalue weighted by molar-refractivity contribution is 6.29. The van der Waals surface area contributed by atoms with Gasteiger partial charge in [0.05, 0.1) is 12.8 Å². The molecule has 0 radical (unpaired) electrons. The average Bonchev–Trinajstić information content (AvgIpc) is 2.04. The van der Waals surface area contributed by atoms with E-state index in [1.54, 1.807) is 6.20 Å². The third kappa shape index (κ3) is 1.28. The quantitative estimate of drug-likeness (QED) is 0.591. The van der Waals surface area contributed by atoms with Gasteiger partial charge in [-0.1, -0.05) is 11.6 Å². The smallest absolute Gasteiger partial charge is 0.237 e. The minimum Gasteiger partial charge on any atom is -0.476 e. The first-order valence-electron chi connectivity index (χ1n) is 3.50. The van der Waals surface area contributed by atoms with Crippen LogP contribution in [0.5, 0.6) is 5.88 Å². The number of hydrogen-bond acceptors (Lipinski definition) is 3. The van der Waals surface area contributed by atoms with Gasteiger partial charge < -0.3 is 4.74 Å².